The molecule has 1 fully saturated rings. The van der Waals surface area contributed by atoms with Crippen molar-refractivity contribution in [2.75, 3.05) is 39.1 Å². The molecule has 2 heterocycles. The van der Waals surface area contributed by atoms with E-state index in [4.69, 9.17) is 14.7 Å². The molecule has 0 radical (unpaired) electrons. The fourth-order valence-corrected chi connectivity index (χ4v) is 6.27. The maximum atomic E-state index is 5.60. The molecule has 0 aromatic carbocycles. The largest absolute Gasteiger partial charge is 0.381 e. The number of aromatic nitrogens is 1. The van der Waals surface area contributed by atoms with E-state index in [1.54, 1.807) is 0 Å². The first-order chi connectivity index (χ1) is 13.2. The molecule has 0 atom stereocenters. The highest BCUT2D eigenvalue weighted by molar-refractivity contribution is 8.00. The van der Waals surface area contributed by atoms with Gasteiger partial charge in [-0.25, -0.2) is 4.98 Å². The van der Waals surface area contributed by atoms with Crippen LogP contribution in [0.4, 0.5) is 0 Å². The second kappa shape index (κ2) is 10.1. The van der Waals surface area contributed by atoms with Crippen molar-refractivity contribution < 1.29 is 4.74 Å². The number of hydrogen-bond acceptors (Lipinski definition) is 5. The van der Waals surface area contributed by atoms with Crippen molar-refractivity contribution in [2.45, 2.75) is 63.7 Å². The predicted octanol–water partition coefficient (Wildman–Crippen LogP) is 3.72. The fraction of sp³-hybridized carbons (Fsp3) is 0.800. The molecule has 1 N–H and O–H groups in total. The minimum Gasteiger partial charge on any atom is -0.381 e. The molecule has 152 valence electrons. The number of ether oxygens (including phenoxy) is 1. The summed E-state index contributed by atoms with van der Waals surface area (Å²) in [6.45, 7) is 8.67. The van der Waals surface area contributed by atoms with Gasteiger partial charge in [-0.1, -0.05) is 6.92 Å². The summed E-state index contributed by atoms with van der Waals surface area (Å²) in [6, 6.07) is 0. The number of thioether (sulfide) groups is 1. The van der Waals surface area contributed by atoms with Crippen LogP contribution in [-0.4, -0.2) is 59.7 Å². The Morgan fingerprint density at radius 2 is 2.07 bits per heavy atom. The fourth-order valence-electron chi connectivity index (χ4n) is 3.84. The third-order valence-corrected chi connectivity index (χ3v) is 7.91. The van der Waals surface area contributed by atoms with Crippen LogP contribution < -0.4 is 5.32 Å². The van der Waals surface area contributed by atoms with E-state index >= 15 is 0 Å². The summed E-state index contributed by atoms with van der Waals surface area (Å²) in [5, 5.41) is 4.70. The van der Waals surface area contributed by atoms with Gasteiger partial charge in [0.1, 0.15) is 5.01 Å². The van der Waals surface area contributed by atoms with E-state index in [2.05, 4.69) is 31.1 Å². The molecule has 0 amide bonds. The third-order valence-electron chi connectivity index (χ3n) is 5.33. The summed E-state index contributed by atoms with van der Waals surface area (Å²) in [5.74, 6) is 2.13. The number of guanidine groups is 1. The Balaban J connectivity index is 1.67. The first kappa shape index (κ1) is 20.9. The van der Waals surface area contributed by atoms with Crippen LogP contribution >= 0.6 is 23.1 Å². The molecular weight excluding hydrogens is 376 g/mol. The topological polar surface area (TPSA) is 49.8 Å². The first-order valence-electron chi connectivity index (χ1n) is 10.3. The number of thiazole rings is 1. The van der Waals surface area contributed by atoms with E-state index in [-0.39, 0.29) is 4.75 Å². The number of aliphatic imine (C=N–C) groups is 1. The van der Waals surface area contributed by atoms with Gasteiger partial charge < -0.3 is 15.0 Å². The minimum absolute atomic E-state index is 0.231. The van der Waals surface area contributed by atoms with Crippen LogP contribution in [0.1, 0.15) is 55.1 Å². The van der Waals surface area contributed by atoms with Gasteiger partial charge in [0.05, 0.1) is 18.8 Å². The van der Waals surface area contributed by atoms with Gasteiger partial charge in [-0.05, 0) is 51.2 Å². The Morgan fingerprint density at radius 1 is 1.30 bits per heavy atom. The van der Waals surface area contributed by atoms with Crippen LogP contribution in [0.3, 0.4) is 0 Å². The van der Waals surface area contributed by atoms with Crippen molar-refractivity contribution in [3.8, 4) is 0 Å². The van der Waals surface area contributed by atoms with Crippen LogP contribution in [0.2, 0.25) is 0 Å². The second-order valence-electron chi connectivity index (χ2n) is 7.44. The molecule has 1 saturated heterocycles. The highest BCUT2D eigenvalue weighted by Crippen LogP contribution is 2.35. The molecule has 7 heteroatoms. The van der Waals surface area contributed by atoms with Gasteiger partial charge in [-0.15, -0.1) is 11.3 Å². The molecule has 0 saturated carbocycles. The number of fused-ring (bicyclic) bond motifs is 1. The average molecular weight is 411 g/mol. The van der Waals surface area contributed by atoms with Crippen molar-refractivity contribution in [3.63, 3.8) is 0 Å². The first-order valence-corrected chi connectivity index (χ1v) is 12.1. The van der Waals surface area contributed by atoms with E-state index in [0.717, 1.165) is 63.8 Å². The lowest BCUT2D eigenvalue weighted by Crippen LogP contribution is -2.41. The molecule has 2 aliphatic rings. The monoisotopic (exact) mass is 410 g/mol. The van der Waals surface area contributed by atoms with E-state index < -0.39 is 0 Å². The molecule has 1 aliphatic heterocycles. The predicted molar refractivity (Wildman–Crippen MR) is 117 cm³/mol. The minimum atomic E-state index is 0.231. The van der Waals surface area contributed by atoms with Crippen molar-refractivity contribution in [1.29, 1.82) is 0 Å². The summed E-state index contributed by atoms with van der Waals surface area (Å²) in [7, 11) is 2.13. The van der Waals surface area contributed by atoms with Crippen molar-refractivity contribution in [3.05, 3.63) is 15.6 Å². The van der Waals surface area contributed by atoms with E-state index in [1.165, 1.54) is 34.8 Å². The normalized spacial score (nSPS) is 19.6. The standard InChI is InChI=1S/C20H34N4OS2/c1-4-21-19(22-15-20(26-5-2)10-12-25-13-11-20)24(3)14-18-23-16-8-6-7-9-17(16)27-18/h4-15H2,1-3H3,(H,21,22). The van der Waals surface area contributed by atoms with Gasteiger partial charge in [-0.3, -0.25) is 4.99 Å². The summed E-state index contributed by atoms with van der Waals surface area (Å²) < 4.78 is 5.83. The maximum Gasteiger partial charge on any atom is 0.194 e. The zero-order chi connectivity index (χ0) is 19.1. The molecule has 27 heavy (non-hydrogen) atoms. The van der Waals surface area contributed by atoms with Gasteiger partial charge in [0.25, 0.3) is 0 Å². The number of nitrogens with one attached hydrogen (secondary N) is 1. The Kier molecular flexibility index (Phi) is 7.85. The van der Waals surface area contributed by atoms with Gasteiger partial charge in [0.2, 0.25) is 0 Å². The molecular formula is C20H34N4OS2. The molecule has 1 aromatic heterocycles. The smallest absolute Gasteiger partial charge is 0.194 e. The summed E-state index contributed by atoms with van der Waals surface area (Å²) in [4.78, 5) is 13.7. The molecule has 0 unspecified atom stereocenters. The molecule has 1 aromatic rings. The number of hydrogen-bond donors (Lipinski definition) is 1. The lowest BCUT2D eigenvalue weighted by atomic mass is 9.99. The highest BCUT2D eigenvalue weighted by Gasteiger charge is 2.32. The number of nitrogens with zero attached hydrogens (tertiary/aromatic N) is 3. The van der Waals surface area contributed by atoms with Crippen LogP contribution in [0.5, 0.6) is 0 Å². The second-order valence-corrected chi connectivity index (χ2v) is 10.3. The maximum absolute atomic E-state index is 5.60. The molecule has 3 rings (SSSR count). The molecule has 5 nitrogen and oxygen atoms in total. The summed E-state index contributed by atoms with van der Waals surface area (Å²) in [5.41, 5.74) is 1.34. The van der Waals surface area contributed by atoms with Crippen LogP contribution in [-0.2, 0) is 24.1 Å². The Hall–Kier alpha value is -0.790. The van der Waals surface area contributed by atoms with Crippen molar-refractivity contribution in [2.24, 2.45) is 4.99 Å². The molecule has 1 aliphatic carbocycles. The van der Waals surface area contributed by atoms with E-state index in [1.807, 2.05) is 23.1 Å². The van der Waals surface area contributed by atoms with Crippen molar-refractivity contribution >= 4 is 29.1 Å². The molecule has 0 bridgehead atoms. The number of rotatable bonds is 7. The Labute approximate surface area is 172 Å². The van der Waals surface area contributed by atoms with Gasteiger partial charge in [0, 0.05) is 36.4 Å². The Morgan fingerprint density at radius 3 is 2.78 bits per heavy atom. The van der Waals surface area contributed by atoms with E-state index in [0.29, 0.717) is 0 Å². The van der Waals surface area contributed by atoms with Crippen LogP contribution in [0.15, 0.2) is 4.99 Å². The summed E-state index contributed by atoms with van der Waals surface area (Å²) >= 11 is 3.95. The van der Waals surface area contributed by atoms with Crippen molar-refractivity contribution in [1.82, 2.24) is 15.2 Å². The lowest BCUT2D eigenvalue weighted by Gasteiger charge is -2.35. The zero-order valence-electron chi connectivity index (χ0n) is 17.1. The summed E-state index contributed by atoms with van der Waals surface area (Å²) in [6.07, 6.45) is 7.16. The lowest BCUT2D eigenvalue weighted by molar-refractivity contribution is 0.0793. The zero-order valence-corrected chi connectivity index (χ0v) is 18.7. The number of aryl methyl sites for hydroxylation is 2. The average Bonchev–Trinajstić information content (AvgIpc) is 3.08. The quantitative estimate of drug-likeness (QED) is 0.548. The Bertz CT molecular complexity index is 596. The third kappa shape index (κ3) is 5.61. The van der Waals surface area contributed by atoms with Crippen LogP contribution in [0, 0.1) is 0 Å². The molecule has 0 spiro atoms. The SMILES string of the molecule is CCNC(=NCC1(SCC)CCOCC1)N(C)Cc1nc2c(s1)CCCC2. The highest BCUT2D eigenvalue weighted by atomic mass is 32.2. The van der Waals surface area contributed by atoms with Crippen LogP contribution in [0.25, 0.3) is 0 Å². The van der Waals surface area contributed by atoms with Gasteiger partial charge >= 0.3 is 0 Å². The van der Waals surface area contributed by atoms with Gasteiger partial charge in [0.15, 0.2) is 5.96 Å². The van der Waals surface area contributed by atoms with Gasteiger partial charge in [-0.2, -0.15) is 11.8 Å². The van der Waals surface area contributed by atoms with E-state index in [9.17, 15) is 0 Å².